The third kappa shape index (κ3) is 5.15. The average molecular weight is 389 g/mol. The summed E-state index contributed by atoms with van der Waals surface area (Å²) in [5, 5.41) is 0.589. The van der Waals surface area contributed by atoms with Crippen LogP contribution in [0, 0.1) is 6.92 Å². The van der Waals surface area contributed by atoms with Gasteiger partial charge in [0.1, 0.15) is 5.75 Å². The Kier molecular flexibility index (Phi) is 5.83. The Bertz CT molecular complexity index is 898. The van der Waals surface area contributed by atoms with Crippen molar-refractivity contribution in [2.45, 2.75) is 6.92 Å². The number of ether oxygens (including phenoxy) is 3. The van der Waals surface area contributed by atoms with Crippen molar-refractivity contribution in [2.75, 3.05) is 13.4 Å². The molecule has 0 saturated carbocycles. The van der Waals surface area contributed by atoms with E-state index >= 15 is 0 Å². The molecule has 0 aromatic heterocycles. The number of fused-ring (bicyclic) bond motifs is 1. The molecule has 0 fully saturated rings. The maximum atomic E-state index is 11.8. The Morgan fingerprint density at radius 3 is 2.78 bits per heavy atom. The van der Waals surface area contributed by atoms with Crippen LogP contribution in [0.4, 0.5) is 0 Å². The van der Waals surface area contributed by atoms with Gasteiger partial charge >= 0.3 is 0 Å². The van der Waals surface area contributed by atoms with E-state index in [0.29, 0.717) is 22.3 Å². The minimum absolute atomic E-state index is 0.187. The molecule has 27 heavy (non-hydrogen) atoms. The van der Waals surface area contributed by atoms with Crippen molar-refractivity contribution in [1.82, 2.24) is 10.9 Å². The molecule has 2 N–H and O–H groups in total. The van der Waals surface area contributed by atoms with Gasteiger partial charge in [0.15, 0.2) is 18.1 Å². The molecule has 0 bridgehead atoms. The summed E-state index contributed by atoms with van der Waals surface area (Å²) in [5.41, 5.74) is 6.14. The van der Waals surface area contributed by atoms with Crippen LogP contribution in [0.5, 0.6) is 17.2 Å². The van der Waals surface area contributed by atoms with E-state index in [9.17, 15) is 9.59 Å². The summed E-state index contributed by atoms with van der Waals surface area (Å²) in [5.74, 6) is 0.863. The van der Waals surface area contributed by atoms with E-state index in [1.807, 2.05) is 6.92 Å². The second-order valence-electron chi connectivity index (χ2n) is 5.68. The third-order valence-corrected chi connectivity index (χ3v) is 3.88. The second kappa shape index (κ2) is 8.46. The molecule has 0 saturated heterocycles. The minimum Gasteiger partial charge on any atom is -0.483 e. The molecule has 1 aliphatic rings. The molecule has 7 nitrogen and oxygen atoms in total. The topological polar surface area (TPSA) is 85.9 Å². The molecule has 1 aliphatic heterocycles. The highest BCUT2D eigenvalue weighted by Gasteiger charge is 2.12. The highest BCUT2D eigenvalue weighted by atomic mass is 35.5. The second-order valence-corrected chi connectivity index (χ2v) is 6.12. The molecule has 2 aromatic rings. The van der Waals surface area contributed by atoms with E-state index in [4.69, 9.17) is 25.8 Å². The molecular formula is C19H17ClN2O5. The molecule has 0 aliphatic carbocycles. The maximum Gasteiger partial charge on any atom is 0.276 e. The highest BCUT2D eigenvalue weighted by Crippen LogP contribution is 2.32. The van der Waals surface area contributed by atoms with Crippen LogP contribution >= 0.6 is 11.6 Å². The molecule has 0 spiro atoms. The summed E-state index contributed by atoms with van der Waals surface area (Å²) in [6.45, 7) is 1.77. The van der Waals surface area contributed by atoms with Crippen molar-refractivity contribution in [2.24, 2.45) is 0 Å². The van der Waals surface area contributed by atoms with Crippen LogP contribution < -0.4 is 25.1 Å². The Labute approximate surface area is 160 Å². The van der Waals surface area contributed by atoms with Crippen LogP contribution in [0.2, 0.25) is 5.02 Å². The number of hydrazine groups is 1. The van der Waals surface area contributed by atoms with Crippen LogP contribution in [-0.2, 0) is 9.59 Å². The summed E-state index contributed by atoms with van der Waals surface area (Å²) >= 11 is 5.86. The highest BCUT2D eigenvalue weighted by molar-refractivity contribution is 6.30. The lowest BCUT2D eigenvalue weighted by atomic mass is 10.2. The number of rotatable bonds is 5. The van der Waals surface area contributed by atoms with Crippen molar-refractivity contribution in [3.05, 3.63) is 58.6 Å². The first-order chi connectivity index (χ1) is 13.0. The van der Waals surface area contributed by atoms with Gasteiger partial charge in [0.2, 0.25) is 6.79 Å². The van der Waals surface area contributed by atoms with Gasteiger partial charge < -0.3 is 14.2 Å². The van der Waals surface area contributed by atoms with Gasteiger partial charge in [0.25, 0.3) is 11.8 Å². The lowest BCUT2D eigenvalue weighted by Crippen LogP contribution is -2.43. The van der Waals surface area contributed by atoms with E-state index in [1.54, 1.807) is 42.5 Å². The monoisotopic (exact) mass is 388 g/mol. The minimum atomic E-state index is -0.492. The van der Waals surface area contributed by atoms with E-state index in [1.165, 1.54) is 6.08 Å². The maximum absolute atomic E-state index is 11.8. The van der Waals surface area contributed by atoms with Gasteiger partial charge in [-0.25, -0.2) is 0 Å². The summed E-state index contributed by atoms with van der Waals surface area (Å²) in [6.07, 6.45) is 2.89. The number of aryl methyl sites for hydroxylation is 1. The Hall–Kier alpha value is -3.19. The Morgan fingerprint density at radius 2 is 1.96 bits per heavy atom. The molecular weight excluding hydrogens is 372 g/mol. The number of amides is 2. The quantitative estimate of drug-likeness (QED) is 0.607. The van der Waals surface area contributed by atoms with Gasteiger partial charge in [-0.2, -0.15) is 0 Å². The number of carbonyl (C=O) groups excluding carboxylic acids is 2. The number of nitrogens with one attached hydrogen (secondary N) is 2. The summed E-state index contributed by atoms with van der Waals surface area (Å²) < 4.78 is 15.9. The number of hydrogen-bond acceptors (Lipinski definition) is 5. The largest absolute Gasteiger partial charge is 0.483 e. The van der Waals surface area contributed by atoms with Crippen molar-refractivity contribution < 1.29 is 23.8 Å². The fourth-order valence-corrected chi connectivity index (χ4v) is 2.54. The predicted octanol–water partition coefficient (Wildman–Crippen LogP) is 2.62. The zero-order chi connectivity index (χ0) is 19.2. The van der Waals surface area contributed by atoms with Crippen molar-refractivity contribution in [3.63, 3.8) is 0 Å². The van der Waals surface area contributed by atoms with Crippen molar-refractivity contribution >= 4 is 29.5 Å². The summed E-state index contributed by atoms with van der Waals surface area (Å²) in [6, 6.07) is 10.4. The van der Waals surface area contributed by atoms with Gasteiger partial charge in [0.05, 0.1) is 0 Å². The number of benzene rings is 2. The van der Waals surface area contributed by atoms with Crippen LogP contribution in [-0.4, -0.2) is 25.2 Å². The molecule has 0 unspecified atom stereocenters. The van der Waals surface area contributed by atoms with Gasteiger partial charge in [-0.05, 0) is 54.5 Å². The van der Waals surface area contributed by atoms with E-state index in [-0.39, 0.29) is 13.4 Å². The van der Waals surface area contributed by atoms with E-state index in [0.717, 1.165) is 11.1 Å². The summed E-state index contributed by atoms with van der Waals surface area (Å²) in [7, 11) is 0. The molecule has 2 aromatic carbocycles. The lowest BCUT2D eigenvalue weighted by Gasteiger charge is -2.09. The summed E-state index contributed by atoms with van der Waals surface area (Å²) in [4.78, 5) is 23.6. The van der Waals surface area contributed by atoms with Gasteiger partial charge in [-0.1, -0.05) is 17.7 Å². The Balaban J connectivity index is 1.43. The normalized spacial score (nSPS) is 12.1. The zero-order valence-electron chi connectivity index (χ0n) is 14.5. The molecule has 8 heteroatoms. The smallest absolute Gasteiger partial charge is 0.276 e. The number of hydrogen-bond donors (Lipinski definition) is 2. The van der Waals surface area contributed by atoms with Crippen molar-refractivity contribution in [3.8, 4) is 17.2 Å². The average Bonchev–Trinajstić information content (AvgIpc) is 3.11. The van der Waals surface area contributed by atoms with Gasteiger partial charge in [-0.3, -0.25) is 20.4 Å². The number of halogens is 1. The molecule has 0 radical (unpaired) electrons. The van der Waals surface area contributed by atoms with Crippen molar-refractivity contribution in [1.29, 1.82) is 0 Å². The SMILES string of the molecule is Cc1cc(Cl)ccc1OCC(=O)NNC(=O)C=Cc1ccc2c(c1)OCO2. The zero-order valence-corrected chi connectivity index (χ0v) is 15.2. The molecule has 3 rings (SSSR count). The number of carbonyl (C=O) groups is 2. The van der Waals surface area contributed by atoms with Gasteiger partial charge in [0, 0.05) is 11.1 Å². The van der Waals surface area contributed by atoms with Crippen LogP contribution in [0.1, 0.15) is 11.1 Å². The predicted molar refractivity (Wildman–Crippen MR) is 99.6 cm³/mol. The van der Waals surface area contributed by atoms with Gasteiger partial charge in [-0.15, -0.1) is 0 Å². The third-order valence-electron chi connectivity index (χ3n) is 3.64. The molecule has 0 atom stereocenters. The van der Waals surface area contributed by atoms with Crippen LogP contribution in [0.15, 0.2) is 42.5 Å². The molecule has 140 valence electrons. The standard InChI is InChI=1S/C19H17ClN2O5/c1-12-8-14(20)4-6-15(12)25-10-19(24)22-21-18(23)7-3-13-2-5-16-17(9-13)27-11-26-16/h2-9H,10-11H2,1H3,(H,21,23)(H,22,24). The first-order valence-corrected chi connectivity index (χ1v) is 8.44. The van der Waals surface area contributed by atoms with Crippen LogP contribution in [0.3, 0.4) is 0 Å². The first-order valence-electron chi connectivity index (χ1n) is 8.07. The fourth-order valence-electron chi connectivity index (χ4n) is 2.32. The first kappa shape index (κ1) is 18.6. The lowest BCUT2D eigenvalue weighted by molar-refractivity contribution is -0.128. The molecule has 2 amide bonds. The van der Waals surface area contributed by atoms with Crippen LogP contribution in [0.25, 0.3) is 6.08 Å². The Morgan fingerprint density at radius 1 is 1.15 bits per heavy atom. The fraction of sp³-hybridized carbons (Fsp3) is 0.158. The molecule has 1 heterocycles. The van der Waals surface area contributed by atoms with E-state index < -0.39 is 11.8 Å². The van der Waals surface area contributed by atoms with E-state index in [2.05, 4.69) is 10.9 Å².